The molecule has 0 saturated heterocycles. The van der Waals surface area contributed by atoms with Crippen LogP contribution >= 0.6 is 0 Å². The number of rotatable bonds is 1. The highest BCUT2D eigenvalue weighted by Gasteiger charge is 2.20. The van der Waals surface area contributed by atoms with Crippen molar-refractivity contribution in [1.29, 1.82) is 0 Å². The Morgan fingerprint density at radius 2 is 1.68 bits per heavy atom. The Balaban J connectivity index is 3.21. The van der Waals surface area contributed by atoms with Crippen molar-refractivity contribution < 1.29 is 5.73 Å². The fourth-order valence-electron chi connectivity index (χ4n) is 2.13. The van der Waals surface area contributed by atoms with Crippen molar-refractivity contribution >= 4 is 22.5 Å². The Morgan fingerprint density at radius 1 is 1.11 bits per heavy atom. The molecule has 2 aromatic rings. The molecule has 0 aliphatic heterocycles. The van der Waals surface area contributed by atoms with E-state index in [0.717, 1.165) is 4.57 Å². The molecule has 0 fully saturated rings. The number of aromatic nitrogens is 3. The Bertz CT molecular complexity index is 840. The van der Waals surface area contributed by atoms with E-state index in [2.05, 4.69) is 10.7 Å². The predicted octanol–water partition coefficient (Wildman–Crippen LogP) is -2.14. The number of nitrogens with one attached hydrogen (secondary N) is 1. The van der Waals surface area contributed by atoms with Gasteiger partial charge in [0.15, 0.2) is 5.69 Å². The second-order valence-electron chi connectivity index (χ2n) is 4.61. The van der Waals surface area contributed by atoms with E-state index >= 15 is 0 Å². The van der Waals surface area contributed by atoms with Crippen LogP contribution in [0.4, 0.5) is 11.5 Å². The van der Waals surface area contributed by atoms with Gasteiger partial charge in [-0.1, -0.05) is 0 Å². The maximum Gasteiger partial charge on any atom is 0.332 e. The summed E-state index contributed by atoms with van der Waals surface area (Å²) in [6.45, 7) is 0. The Labute approximate surface area is 107 Å². The summed E-state index contributed by atoms with van der Waals surface area (Å²) in [4.78, 5) is 40.8. The number of H-pyrrole nitrogens is 1. The summed E-state index contributed by atoms with van der Waals surface area (Å²) in [5.74, 6) is 0.366. The van der Waals surface area contributed by atoms with Gasteiger partial charge in [-0.25, -0.2) is 4.79 Å². The third-order valence-corrected chi connectivity index (χ3v) is 3.11. The van der Waals surface area contributed by atoms with E-state index in [4.69, 9.17) is 0 Å². The average Bonchev–Trinajstić information content (AvgIpc) is 2.32. The Hall–Kier alpha value is -2.35. The van der Waals surface area contributed by atoms with Gasteiger partial charge in [0.2, 0.25) is 11.2 Å². The van der Waals surface area contributed by atoms with Crippen LogP contribution in [0, 0.1) is 0 Å². The van der Waals surface area contributed by atoms with Gasteiger partial charge in [-0.3, -0.25) is 23.7 Å². The van der Waals surface area contributed by atoms with Gasteiger partial charge < -0.3 is 10.6 Å². The molecule has 0 spiro atoms. The summed E-state index contributed by atoms with van der Waals surface area (Å²) in [6.07, 6.45) is 0. The topological polar surface area (TPSA) is 108 Å². The molecular weight excluding hydrogens is 250 g/mol. The van der Waals surface area contributed by atoms with Crippen LogP contribution in [0.2, 0.25) is 0 Å². The first-order valence-corrected chi connectivity index (χ1v) is 5.62. The van der Waals surface area contributed by atoms with Crippen LogP contribution in [-0.4, -0.2) is 28.2 Å². The van der Waals surface area contributed by atoms with Crippen molar-refractivity contribution in [2.45, 2.75) is 0 Å². The molecule has 19 heavy (non-hydrogen) atoms. The maximum atomic E-state index is 12.4. The molecule has 0 radical (unpaired) electrons. The summed E-state index contributed by atoms with van der Waals surface area (Å²) in [6, 6.07) is 0. The van der Waals surface area contributed by atoms with E-state index in [0.29, 0.717) is 11.5 Å². The van der Waals surface area contributed by atoms with Crippen LogP contribution in [0.5, 0.6) is 0 Å². The molecule has 8 heteroatoms. The van der Waals surface area contributed by atoms with Crippen molar-refractivity contribution in [1.82, 2.24) is 14.1 Å². The highest BCUT2D eigenvalue weighted by molar-refractivity contribution is 5.81. The standard InChI is InChI=1S/C11H15N5O3/c1-14(2)6-7(17)5-9(13-8(6)12)15(3)11(19)16(4)10(5)18/h1-4H3,(H3,12,13,17)/p+1. The number of pyridine rings is 1. The van der Waals surface area contributed by atoms with E-state index in [1.54, 1.807) is 19.0 Å². The zero-order valence-electron chi connectivity index (χ0n) is 11.3. The quantitative estimate of drug-likeness (QED) is 0.614. The monoisotopic (exact) mass is 266 g/mol. The summed E-state index contributed by atoms with van der Waals surface area (Å²) in [7, 11) is 6.22. The molecule has 0 aliphatic carbocycles. The Morgan fingerprint density at radius 3 is 2.21 bits per heavy atom. The molecule has 0 aromatic carbocycles. The zero-order chi connectivity index (χ0) is 14.5. The highest BCUT2D eigenvalue weighted by Crippen LogP contribution is 2.14. The molecule has 0 atom stereocenters. The first-order valence-electron chi connectivity index (χ1n) is 5.62. The second-order valence-corrected chi connectivity index (χ2v) is 4.61. The van der Waals surface area contributed by atoms with E-state index in [9.17, 15) is 14.4 Å². The number of quaternary nitrogens is 1. The molecule has 2 aromatic heterocycles. The van der Waals surface area contributed by atoms with Gasteiger partial charge in [0.1, 0.15) is 11.0 Å². The molecule has 2 rings (SSSR count). The van der Waals surface area contributed by atoms with Crippen LogP contribution in [0.25, 0.3) is 11.0 Å². The van der Waals surface area contributed by atoms with Gasteiger partial charge in [-0.2, -0.15) is 0 Å². The van der Waals surface area contributed by atoms with Gasteiger partial charge in [0, 0.05) is 28.2 Å². The summed E-state index contributed by atoms with van der Waals surface area (Å²) >= 11 is 0. The lowest BCUT2D eigenvalue weighted by Gasteiger charge is -2.14. The number of aromatic amines is 1. The molecule has 0 unspecified atom stereocenters. The molecule has 102 valence electrons. The molecule has 2 heterocycles. The lowest BCUT2D eigenvalue weighted by Crippen LogP contribution is -2.47. The SMILES string of the molecule is CN(C)c1c([NH3+])[nH]c2c(c1=O)c(=O)n(C)c(=O)n2C. The van der Waals surface area contributed by atoms with Gasteiger partial charge >= 0.3 is 5.69 Å². The molecule has 8 nitrogen and oxygen atoms in total. The highest BCUT2D eigenvalue weighted by atomic mass is 16.2. The number of fused-ring (bicyclic) bond motifs is 1. The number of anilines is 1. The average molecular weight is 266 g/mol. The largest absolute Gasteiger partial charge is 0.368 e. The van der Waals surface area contributed by atoms with Gasteiger partial charge in [0.05, 0.1) is 0 Å². The molecule has 0 bridgehead atoms. The van der Waals surface area contributed by atoms with Crippen LogP contribution in [0.15, 0.2) is 14.4 Å². The smallest absolute Gasteiger partial charge is 0.332 e. The minimum atomic E-state index is -0.609. The number of nitrogens with zero attached hydrogens (tertiary/aromatic N) is 3. The molecule has 0 saturated carbocycles. The fourth-order valence-corrected chi connectivity index (χ4v) is 2.13. The summed E-state index contributed by atoms with van der Waals surface area (Å²) < 4.78 is 2.14. The van der Waals surface area contributed by atoms with Crippen LogP contribution in [0.3, 0.4) is 0 Å². The van der Waals surface area contributed by atoms with Crippen molar-refractivity contribution in [2.24, 2.45) is 14.1 Å². The van der Waals surface area contributed by atoms with Crippen molar-refractivity contribution in [3.8, 4) is 0 Å². The van der Waals surface area contributed by atoms with E-state index in [1.807, 2.05) is 0 Å². The van der Waals surface area contributed by atoms with Crippen LogP contribution in [-0.2, 0) is 14.1 Å². The molecule has 0 amide bonds. The van der Waals surface area contributed by atoms with Crippen LogP contribution < -0.4 is 27.3 Å². The number of hydrogen-bond donors (Lipinski definition) is 2. The fraction of sp³-hybridized carbons (Fsp3) is 0.364. The van der Waals surface area contributed by atoms with Crippen LogP contribution in [0.1, 0.15) is 0 Å². The third kappa shape index (κ3) is 1.68. The van der Waals surface area contributed by atoms with Crippen molar-refractivity contribution in [3.05, 3.63) is 31.1 Å². The third-order valence-electron chi connectivity index (χ3n) is 3.11. The second kappa shape index (κ2) is 4.09. The zero-order valence-corrected chi connectivity index (χ0v) is 11.3. The number of hydrogen-bond acceptors (Lipinski definition) is 4. The maximum absolute atomic E-state index is 12.4. The Kier molecular flexibility index (Phi) is 2.82. The first-order chi connectivity index (χ1) is 8.77. The molecule has 4 N–H and O–H groups in total. The predicted molar refractivity (Wildman–Crippen MR) is 71.9 cm³/mol. The minimum Gasteiger partial charge on any atom is -0.368 e. The van der Waals surface area contributed by atoms with E-state index in [1.165, 1.54) is 18.7 Å². The summed E-state index contributed by atoms with van der Waals surface area (Å²) in [5.41, 5.74) is 2.72. The number of aryl methyl sites for hydroxylation is 1. The minimum absolute atomic E-state index is 0.0410. The normalized spacial score (nSPS) is 11.0. The van der Waals surface area contributed by atoms with E-state index < -0.39 is 16.7 Å². The van der Waals surface area contributed by atoms with Crippen molar-refractivity contribution in [3.63, 3.8) is 0 Å². The molecular formula is C11H16N5O3+. The molecule has 0 aliphatic rings. The van der Waals surface area contributed by atoms with Crippen molar-refractivity contribution in [2.75, 3.05) is 19.0 Å². The first kappa shape index (κ1) is 13.1. The van der Waals surface area contributed by atoms with E-state index in [-0.39, 0.29) is 11.0 Å². The van der Waals surface area contributed by atoms with Gasteiger partial charge in [-0.15, -0.1) is 0 Å². The van der Waals surface area contributed by atoms with Gasteiger partial charge in [0.25, 0.3) is 5.56 Å². The van der Waals surface area contributed by atoms with Gasteiger partial charge in [-0.05, 0) is 0 Å². The summed E-state index contributed by atoms with van der Waals surface area (Å²) in [5, 5.41) is -0.0410. The lowest BCUT2D eigenvalue weighted by molar-refractivity contribution is -0.259. The lowest BCUT2D eigenvalue weighted by atomic mass is 10.2.